The van der Waals surface area contributed by atoms with Gasteiger partial charge in [0.05, 0.1) is 0 Å². The summed E-state index contributed by atoms with van der Waals surface area (Å²) in [4.78, 5) is 14.0. The number of amides is 1. The first-order valence-electron chi connectivity index (χ1n) is 4.11. The molecule has 0 spiro atoms. The summed E-state index contributed by atoms with van der Waals surface area (Å²) in [5.41, 5.74) is 0.558. The van der Waals surface area contributed by atoms with Crippen molar-refractivity contribution in [2.24, 2.45) is 0 Å². The van der Waals surface area contributed by atoms with Crippen molar-refractivity contribution < 1.29 is 8.91 Å². The van der Waals surface area contributed by atoms with Crippen molar-refractivity contribution >= 4 is 25.6 Å². The van der Waals surface area contributed by atoms with Crippen molar-refractivity contribution in [3.05, 3.63) is 12.2 Å². The quantitative estimate of drug-likeness (QED) is 0.488. The summed E-state index contributed by atoms with van der Waals surface area (Å²) in [7, 11) is -0.721. The number of rotatable bonds is 5. The molecule has 1 N–H and O–H groups in total. The molecule has 0 aromatic heterocycles. The lowest BCUT2D eigenvalue weighted by molar-refractivity contribution is -0.116. The van der Waals surface area contributed by atoms with Crippen LogP contribution in [-0.2, 0) is 8.91 Å². The van der Waals surface area contributed by atoms with E-state index in [0.29, 0.717) is 16.1 Å². The van der Waals surface area contributed by atoms with Crippen molar-refractivity contribution in [1.29, 1.82) is 0 Å². The maximum atomic E-state index is 11.1. The molecule has 5 heteroatoms. The Morgan fingerprint density at radius 3 is 2.67 bits per heavy atom. The molecule has 0 radical (unpaired) electrons. The van der Waals surface area contributed by atoms with Crippen LogP contribution in [0.15, 0.2) is 12.2 Å². The number of carbonyl (C=O) groups excluding carboxylic acids is 1. The largest absolute Gasteiger partial charge is 0.451 e. The summed E-state index contributed by atoms with van der Waals surface area (Å²) in [6.07, 6.45) is 1.07. The molecule has 0 rings (SSSR count). The van der Waals surface area contributed by atoms with Gasteiger partial charge in [-0.15, -0.1) is 0 Å². The van der Waals surface area contributed by atoms with Crippen molar-refractivity contribution in [2.75, 3.05) is 0 Å². The van der Waals surface area contributed by atoms with Crippen LogP contribution in [0, 0.1) is 0 Å². The van der Waals surface area contributed by atoms with E-state index in [-0.39, 0.29) is 5.91 Å². The molecule has 1 amide bonds. The van der Waals surface area contributed by atoms with Crippen LogP contribution in [0.25, 0.3) is 0 Å². The average molecular weight is 203 g/mol. The van der Waals surface area contributed by atoms with Gasteiger partial charge in [-0.1, -0.05) is 19.9 Å². The number of hydrogen-bond acceptors (Lipinski definition) is 2. The van der Waals surface area contributed by atoms with Crippen molar-refractivity contribution in [2.45, 2.75) is 26.3 Å². The highest BCUT2D eigenvalue weighted by Gasteiger charge is 2.12. The molecule has 0 saturated carbocycles. The van der Waals surface area contributed by atoms with E-state index in [9.17, 15) is 4.79 Å². The first-order chi connectivity index (χ1) is 5.61. The van der Waals surface area contributed by atoms with Crippen molar-refractivity contribution in [3.8, 4) is 0 Å². The predicted molar refractivity (Wildman–Crippen MR) is 56.2 cm³/mol. The van der Waals surface area contributed by atoms with E-state index in [2.05, 4.69) is 18.5 Å². The highest BCUT2D eigenvalue weighted by Crippen LogP contribution is 1.95. The molecule has 70 valence electrons. The molecular formula is C7H17NO2Si2. The van der Waals surface area contributed by atoms with Crippen LogP contribution in [0.2, 0.25) is 6.04 Å². The van der Waals surface area contributed by atoms with Crippen LogP contribution in [0.4, 0.5) is 0 Å². The van der Waals surface area contributed by atoms with Crippen LogP contribution in [0.1, 0.15) is 20.3 Å². The first-order valence-corrected chi connectivity index (χ1v) is 6.79. The fraction of sp³-hybridized carbons (Fsp3) is 0.571. The van der Waals surface area contributed by atoms with Crippen LogP contribution in [0.5, 0.6) is 0 Å². The van der Waals surface area contributed by atoms with Gasteiger partial charge < -0.3 is 9.10 Å². The standard InChI is InChI=1S/C7H17NO2Si2/c1-4-5-12(10-11)8-7(9)6(2)3/h12H,2,4-5H2,1,3,11H3,(H,8,9). The Labute approximate surface area is 78.5 Å². The molecule has 12 heavy (non-hydrogen) atoms. The second kappa shape index (κ2) is 6.16. The van der Waals surface area contributed by atoms with Gasteiger partial charge in [-0.2, -0.15) is 0 Å². The molecule has 0 aromatic carbocycles. The van der Waals surface area contributed by atoms with E-state index in [0.717, 1.165) is 12.5 Å². The van der Waals surface area contributed by atoms with Gasteiger partial charge in [0, 0.05) is 5.57 Å². The minimum absolute atomic E-state index is 0.0593. The second-order valence-corrected chi connectivity index (χ2v) is 6.50. The third-order valence-electron chi connectivity index (χ3n) is 1.52. The zero-order valence-electron chi connectivity index (χ0n) is 8.02. The summed E-state index contributed by atoms with van der Waals surface area (Å²) in [5, 5.41) is 0. The fourth-order valence-corrected chi connectivity index (χ4v) is 3.40. The normalized spacial score (nSPS) is 12.5. The first kappa shape index (κ1) is 11.6. The SMILES string of the molecule is C=C(C)C(=O)N[SiH](CCC)O[SiH3]. The monoisotopic (exact) mass is 203 g/mol. The smallest absolute Gasteiger partial charge is 0.273 e. The Hall–Kier alpha value is -0.396. The third-order valence-corrected chi connectivity index (χ3v) is 5.48. The Balaban J connectivity index is 3.85. The Kier molecular flexibility index (Phi) is 5.95. The Morgan fingerprint density at radius 2 is 2.33 bits per heavy atom. The highest BCUT2D eigenvalue weighted by molar-refractivity contribution is 6.56. The molecule has 0 fully saturated rings. The topological polar surface area (TPSA) is 38.3 Å². The van der Waals surface area contributed by atoms with E-state index in [1.165, 1.54) is 0 Å². The molecule has 3 nitrogen and oxygen atoms in total. The maximum Gasteiger partial charge on any atom is 0.273 e. The zero-order valence-corrected chi connectivity index (χ0v) is 11.2. The molecule has 0 saturated heterocycles. The van der Waals surface area contributed by atoms with Crippen LogP contribution < -0.4 is 4.98 Å². The van der Waals surface area contributed by atoms with E-state index in [4.69, 9.17) is 4.12 Å². The number of carbonyl (C=O) groups is 1. The molecule has 0 aliphatic heterocycles. The predicted octanol–water partition coefficient (Wildman–Crippen LogP) is -0.394. The van der Waals surface area contributed by atoms with E-state index in [1.54, 1.807) is 6.92 Å². The van der Waals surface area contributed by atoms with Gasteiger partial charge in [0.25, 0.3) is 9.20 Å². The van der Waals surface area contributed by atoms with E-state index >= 15 is 0 Å². The summed E-state index contributed by atoms with van der Waals surface area (Å²) < 4.78 is 5.32. The Morgan fingerprint density at radius 1 is 1.75 bits per heavy atom. The van der Waals surface area contributed by atoms with Crippen molar-refractivity contribution in [3.63, 3.8) is 0 Å². The fourth-order valence-electron chi connectivity index (χ4n) is 0.781. The van der Waals surface area contributed by atoms with Crippen LogP contribution >= 0.6 is 0 Å². The third kappa shape index (κ3) is 4.48. The lowest BCUT2D eigenvalue weighted by Crippen LogP contribution is -2.40. The van der Waals surface area contributed by atoms with E-state index < -0.39 is 9.20 Å². The average Bonchev–Trinajstić information content (AvgIpc) is 2.03. The molecule has 0 aliphatic rings. The van der Waals surface area contributed by atoms with Gasteiger partial charge in [-0.05, 0) is 13.0 Å². The summed E-state index contributed by atoms with van der Waals surface area (Å²) in [6.45, 7) is 7.37. The minimum atomic E-state index is -1.43. The molecule has 0 aliphatic carbocycles. The van der Waals surface area contributed by atoms with Crippen LogP contribution in [0.3, 0.4) is 0 Å². The lowest BCUT2D eigenvalue weighted by Gasteiger charge is -2.14. The van der Waals surface area contributed by atoms with Crippen molar-refractivity contribution in [1.82, 2.24) is 4.98 Å². The van der Waals surface area contributed by atoms with Gasteiger partial charge in [0.2, 0.25) is 5.91 Å². The number of hydrogen-bond donors (Lipinski definition) is 1. The molecule has 0 aromatic rings. The van der Waals surface area contributed by atoms with Gasteiger partial charge in [-0.3, -0.25) is 4.79 Å². The summed E-state index contributed by atoms with van der Waals surface area (Å²) in [6, 6.07) is 1.00. The molecular weight excluding hydrogens is 186 g/mol. The van der Waals surface area contributed by atoms with Gasteiger partial charge >= 0.3 is 0 Å². The maximum absolute atomic E-state index is 11.1. The van der Waals surface area contributed by atoms with Crippen LogP contribution in [-0.4, -0.2) is 25.6 Å². The van der Waals surface area contributed by atoms with Gasteiger partial charge in [-0.25, -0.2) is 0 Å². The molecule has 1 unspecified atom stereocenters. The molecule has 1 atom stereocenters. The zero-order chi connectivity index (χ0) is 9.56. The van der Waals surface area contributed by atoms with Gasteiger partial charge in [0.15, 0.2) is 0 Å². The van der Waals surface area contributed by atoms with E-state index in [1.807, 2.05) is 0 Å². The summed E-state index contributed by atoms with van der Waals surface area (Å²) in [5.74, 6) is -0.0593. The number of nitrogens with one attached hydrogen (secondary N) is 1. The lowest BCUT2D eigenvalue weighted by atomic mass is 10.3. The molecule has 0 bridgehead atoms. The second-order valence-electron chi connectivity index (χ2n) is 2.77. The molecule has 0 heterocycles. The highest BCUT2D eigenvalue weighted by atomic mass is 28.3. The van der Waals surface area contributed by atoms with Gasteiger partial charge in [0.1, 0.15) is 10.5 Å². The summed E-state index contributed by atoms with van der Waals surface area (Å²) >= 11 is 0. The minimum Gasteiger partial charge on any atom is -0.451 e. The Bertz CT molecular complexity index is 173.